The molecule has 1 atom stereocenters. The first-order valence-corrected chi connectivity index (χ1v) is 6.34. The van der Waals surface area contributed by atoms with Crippen LogP contribution in [0, 0.1) is 0 Å². The molecule has 0 radical (unpaired) electrons. The van der Waals surface area contributed by atoms with Crippen LogP contribution in [0.3, 0.4) is 0 Å². The number of aromatic nitrogens is 2. The molecule has 0 aliphatic carbocycles. The van der Waals surface area contributed by atoms with E-state index >= 15 is 0 Å². The highest BCUT2D eigenvalue weighted by molar-refractivity contribution is 6.29. The second kappa shape index (κ2) is 6.31. The number of rotatable bonds is 4. The summed E-state index contributed by atoms with van der Waals surface area (Å²) in [6.45, 7) is 1.85. The summed E-state index contributed by atoms with van der Waals surface area (Å²) in [5.74, 6) is 5.32. The topological polar surface area (TPSA) is 92.9 Å². The van der Waals surface area contributed by atoms with Gasteiger partial charge in [-0.3, -0.25) is 9.78 Å². The van der Waals surface area contributed by atoms with Crippen molar-refractivity contribution in [3.63, 3.8) is 0 Å². The smallest absolute Gasteiger partial charge is 0.252 e. The molecule has 1 amide bonds. The molecule has 0 saturated carbocycles. The fourth-order valence-corrected chi connectivity index (χ4v) is 1.90. The van der Waals surface area contributed by atoms with Gasteiger partial charge in [-0.05, 0) is 31.2 Å². The molecule has 0 aliphatic heterocycles. The van der Waals surface area contributed by atoms with E-state index in [4.69, 9.17) is 17.4 Å². The molecular weight excluding hydrogens is 278 g/mol. The normalized spacial score (nSPS) is 11.8. The van der Waals surface area contributed by atoms with E-state index in [0.29, 0.717) is 11.4 Å². The van der Waals surface area contributed by atoms with Crippen molar-refractivity contribution in [1.29, 1.82) is 0 Å². The molecule has 20 heavy (non-hydrogen) atoms. The Bertz CT molecular complexity index is 605. The minimum Gasteiger partial charge on any atom is -0.344 e. The third kappa shape index (κ3) is 3.43. The lowest BCUT2D eigenvalue weighted by atomic mass is 10.2. The molecule has 4 N–H and O–H groups in total. The molecule has 0 spiro atoms. The zero-order chi connectivity index (χ0) is 14.5. The van der Waals surface area contributed by atoms with E-state index in [1.165, 1.54) is 12.1 Å². The lowest BCUT2D eigenvalue weighted by molar-refractivity contribution is 0.0939. The summed E-state index contributed by atoms with van der Waals surface area (Å²) < 4.78 is 0. The SMILES string of the molecule is CC(NC(=O)c1cc(Cl)nc(NN)c1)c1ccccn1. The number of nitrogens with one attached hydrogen (secondary N) is 2. The molecule has 7 heteroatoms. The Hall–Kier alpha value is -2.18. The zero-order valence-corrected chi connectivity index (χ0v) is 11.6. The number of hydrogen-bond donors (Lipinski definition) is 3. The van der Waals surface area contributed by atoms with Gasteiger partial charge in [-0.25, -0.2) is 10.8 Å². The van der Waals surface area contributed by atoms with Crippen molar-refractivity contribution in [1.82, 2.24) is 15.3 Å². The molecule has 0 aliphatic rings. The molecule has 2 aromatic heterocycles. The Morgan fingerprint density at radius 3 is 2.85 bits per heavy atom. The second-order valence-electron chi connectivity index (χ2n) is 4.16. The lowest BCUT2D eigenvalue weighted by Crippen LogP contribution is -2.27. The summed E-state index contributed by atoms with van der Waals surface area (Å²) in [4.78, 5) is 20.3. The van der Waals surface area contributed by atoms with Crippen LogP contribution in [0.15, 0.2) is 36.5 Å². The largest absolute Gasteiger partial charge is 0.344 e. The van der Waals surface area contributed by atoms with Gasteiger partial charge in [0.2, 0.25) is 0 Å². The van der Waals surface area contributed by atoms with Crippen LogP contribution in [0.25, 0.3) is 0 Å². The van der Waals surface area contributed by atoms with Crippen molar-refractivity contribution < 1.29 is 4.79 Å². The van der Waals surface area contributed by atoms with Crippen molar-refractivity contribution in [2.24, 2.45) is 5.84 Å². The van der Waals surface area contributed by atoms with Crippen LogP contribution < -0.4 is 16.6 Å². The predicted molar refractivity (Wildman–Crippen MR) is 77.2 cm³/mol. The van der Waals surface area contributed by atoms with E-state index in [-0.39, 0.29) is 17.1 Å². The molecular formula is C13H14ClN5O. The molecule has 2 aromatic rings. The van der Waals surface area contributed by atoms with Crippen LogP contribution in [0.5, 0.6) is 0 Å². The maximum Gasteiger partial charge on any atom is 0.252 e. The van der Waals surface area contributed by atoms with Crippen LogP contribution in [0.4, 0.5) is 5.82 Å². The van der Waals surface area contributed by atoms with E-state index in [1.807, 2.05) is 25.1 Å². The average molecular weight is 292 g/mol. The van der Waals surface area contributed by atoms with Gasteiger partial charge in [0.05, 0.1) is 11.7 Å². The number of nitrogens with zero attached hydrogens (tertiary/aromatic N) is 2. The summed E-state index contributed by atoms with van der Waals surface area (Å²) in [5.41, 5.74) is 3.51. The van der Waals surface area contributed by atoms with Crippen molar-refractivity contribution in [2.45, 2.75) is 13.0 Å². The Kier molecular flexibility index (Phi) is 4.49. The maximum absolute atomic E-state index is 12.2. The van der Waals surface area contributed by atoms with Gasteiger partial charge in [-0.2, -0.15) is 0 Å². The Morgan fingerprint density at radius 1 is 1.40 bits per heavy atom. The minimum absolute atomic E-state index is 0.191. The zero-order valence-electron chi connectivity index (χ0n) is 10.8. The monoisotopic (exact) mass is 291 g/mol. The van der Waals surface area contributed by atoms with Crippen LogP contribution in [-0.2, 0) is 0 Å². The first kappa shape index (κ1) is 14.2. The Balaban J connectivity index is 2.14. The molecule has 104 valence electrons. The second-order valence-corrected chi connectivity index (χ2v) is 4.55. The van der Waals surface area contributed by atoms with Gasteiger partial charge in [0.15, 0.2) is 0 Å². The molecule has 0 fully saturated rings. The molecule has 0 saturated heterocycles. The van der Waals surface area contributed by atoms with E-state index in [2.05, 4.69) is 20.7 Å². The van der Waals surface area contributed by atoms with Crippen molar-refractivity contribution >= 4 is 23.3 Å². The van der Waals surface area contributed by atoms with Gasteiger partial charge >= 0.3 is 0 Å². The van der Waals surface area contributed by atoms with E-state index in [0.717, 1.165) is 5.69 Å². The number of halogens is 1. The van der Waals surface area contributed by atoms with Crippen LogP contribution >= 0.6 is 11.6 Å². The fourth-order valence-electron chi connectivity index (χ4n) is 1.69. The summed E-state index contributed by atoms with van der Waals surface area (Å²) in [6, 6.07) is 8.31. The molecule has 0 aromatic carbocycles. The molecule has 6 nitrogen and oxygen atoms in total. The number of amides is 1. The number of nitrogen functional groups attached to an aromatic ring is 1. The summed E-state index contributed by atoms with van der Waals surface area (Å²) in [6.07, 6.45) is 1.68. The van der Waals surface area contributed by atoms with Crippen LogP contribution in [-0.4, -0.2) is 15.9 Å². The quantitative estimate of drug-likeness (QED) is 0.454. The first-order chi connectivity index (χ1) is 9.60. The van der Waals surface area contributed by atoms with Crippen molar-refractivity contribution in [3.8, 4) is 0 Å². The standard InChI is InChI=1S/C13H14ClN5O/c1-8(10-4-2-3-5-16-10)17-13(20)9-6-11(14)18-12(7-9)19-15/h2-8H,15H2,1H3,(H,17,20)(H,18,19). The van der Waals surface area contributed by atoms with E-state index in [1.54, 1.807) is 6.20 Å². The third-order valence-electron chi connectivity index (χ3n) is 2.68. The number of pyridine rings is 2. The molecule has 1 unspecified atom stereocenters. The van der Waals surface area contributed by atoms with Crippen molar-refractivity contribution in [3.05, 3.63) is 52.9 Å². The van der Waals surface area contributed by atoms with Gasteiger partial charge in [-0.1, -0.05) is 17.7 Å². The van der Waals surface area contributed by atoms with E-state index < -0.39 is 0 Å². The molecule has 2 rings (SSSR count). The number of carbonyl (C=O) groups is 1. The van der Waals surface area contributed by atoms with E-state index in [9.17, 15) is 4.79 Å². The minimum atomic E-state index is -0.274. The summed E-state index contributed by atoms with van der Waals surface area (Å²) in [5, 5.41) is 3.03. The number of hydrogen-bond acceptors (Lipinski definition) is 5. The summed E-state index contributed by atoms with van der Waals surface area (Å²) >= 11 is 5.83. The van der Waals surface area contributed by atoms with Crippen LogP contribution in [0.1, 0.15) is 29.0 Å². The first-order valence-electron chi connectivity index (χ1n) is 5.96. The number of nitrogens with two attached hydrogens (primary N) is 1. The van der Waals surface area contributed by atoms with Gasteiger partial charge in [0.25, 0.3) is 5.91 Å². The van der Waals surface area contributed by atoms with Gasteiger partial charge in [0, 0.05) is 11.8 Å². The third-order valence-corrected chi connectivity index (χ3v) is 2.88. The highest BCUT2D eigenvalue weighted by atomic mass is 35.5. The summed E-state index contributed by atoms with van der Waals surface area (Å²) in [7, 11) is 0. The maximum atomic E-state index is 12.2. The lowest BCUT2D eigenvalue weighted by Gasteiger charge is -2.13. The number of anilines is 1. The Morgan fingerprint density at radius 2 is 2.20 bits per heavy atom. The number of carbonyl (C=O) groups excluding carboxylic acids is 1. The van der Waals surface area contributed by atoms with Gasteiger partial charge in [-0.15, -0.1) is 0 Å². The van der Waals surface area contributed by atoms with Crippen molar-refractivity contribution in [2.75, 3.05) is 5.43 Å². The fraction of sp³-hybridized carbons (Fsp3) is 0.154. The molecule has 2 heterocycles. The average Bonchev–Trinajstić information content (AvgIpc) is 2.47. The van der Waals surface area contributed by atoms with Crippen LogP contribution in [0.2, 0.25) is 5.15 Å². The van der Waals surface area contributed by atoms with Gasteiger partial charge < -0.3 is 10.7 Å². The Labute approximate surface area is 121 Å². The number of hydrazine groups is 1. The molecule has 0 bridgehead atoms. The highest BCUT2D eigenvalue weighted by Crippen LogP contribution is 2.15. The highest BCUT2D eigenvalue weighted by Gasteiger charge is 2.13. The predicted octanol–water partition coefficient (Wildman–Crippen LogP) is 1.91. The van der Waals surface area contributed by atoms with Gasteiger partial charge in [0.1, 0.15) is 11.0 Å².